The lowest BCUT2D eigenvalue weighted by atomic mass is 10.1. The molecule has 6 rings (SSSR count). The Morgan fingerprint density at radius 3 is 2.45 bits per heavy atom. The summed E-state index contributed by atoms with van der Waals surface area (Å²) >= 11 is 0. The summed E-state index contributed by atoms with van der Waals surface area (Å²) in [6, 6.07) is 16.2. The minimum Gasteiger partial charge on any atom is -0.493 e. The number of benzene rings is 2. The fourth-order valence-corrected chi connectivity index (χ4v) is 6.16. The van der Waals surface area contributed by atoms with Crippen molar-refractivity contribution in [2.24, 2.45) is 0 Å². The summed E-state index contributed by atoms with van der Waals surface area (Å²) in [7, 11) is -2.64. The number of carbonyl (C=O) groups is 1. The Morgan fingerprint density at radius 2 is 1.73 bits per heavy atom. The summed E-state index contributed by atoms with van der Waals surface area (Å²) in [4.78, 5) is 20.0. The first-order valence-electron chi connectivity index (χ1n) is 13.3. The highest BCUT2D eigenvalue weighted by Crippen LogP contribution is 2.36. The van der Waals surface area contributed by atoms with Crippen LogP contribution in [-0.4, -0.2) is 50.4 Å². The average Bonchev–Trinajstić information content (AvgIpc) is 3.62. The van der Waals surface area contributed by atoms with E-state index in [0.29, 0.717) is 34.2 Å². The van der Waals surface area contributed by atoms with E-state index in [0.717, 1.165) is 15.1 Å². The summed E-state index contributed by atoms with van der Waals surface area (Å²) in [5, 5.41) is 16.2. The third-order valence-corrected chi connectivity index (χ3v) is 8.66. The molecule has 0 aliphatic carbocycles. The molecule has 6 aromatic rings. The van der Waals surface area contributed by atoms with Gasteiger partial charge in [0.05, 0.1) is 24.7 Å². The molecule has 222 valence electrons. The van der Waals surface area contributed by atoms with Gasteiger partial charge in [0.25, 0.3) is 10.0 Å². The molecule has 0 spiro atoms. The molecule has 0 aliphatic rings. The summed E-state index contributed by atoms with van der Waals surface area (Å²) < 4.78 is 49.5. The predicted molar refractivity (Wildman–Crippen MR) is 162 cm³/mol. The molecule has 0 unspecified atom stereocenters. The number of halogens is 1. The van der Waals surface area contributed by atoms with Crippen LogP contribution < -0.4 is 10.1 Å². The molecular formula is C31H25FN6O5S. The molecule has 0 bridgehead atoms. The number of ether oxygens (including phenoxy) is 1. The number of carboxylic acid groups (broad SMARTS) is 1. The van der Waals surface area contributed by atoms with Crippen molar-refractivity contribution in [2.45, 2.75) is 18.4 Å². The molecule has 13 heteroatoms. The molecule has 2 aromatic carbocycles. The lowest BCUT2D eigenvalue weighted by Crippen LogP contribution is -2.12. The van der Waals surface area contributed by atoms with Gasteiger partial charge >= 0.3 is 6.09 Å². The fourth-order valence-electron chi connectivity index (χ4n) is 4.84. The quantitative estimate of drug-likeness (QED) is 0.220. The molecule has 0 atom stereocenters. The van der Waals surface area contributed by atoms with Gasteiger partial charge in [-0.3, -0.25) is 10.00 Å². The van der Waals surface area contributed by atoms with Crippen LogP contribution in [0.5, 0.6) is 5.75 Å². The fraction of sp³-hybridized carbons (Fsp3) is 0.0968. The summed E-state index contributed by atoms with van der Waals surface area (Å²) in [5.74, 6) is -0.126. The van der Waals surface area contributed by atoms with Crippen LogP contribution in [0.1, 0.15) is 11.1 Å². The van der Waals surface area contributed by atoms with Gasteiger partial charge < -0.3 is 9.84 Å². The Labute approximate surface area is 251 Å². The van der Waals surface area contributed by atoms with Crippen LogP contribution in [0.3, 0.4) is 0 Å². The SMILES string of the molecule is COc1cc(-c2cnc3c(c2)c(-c2cnn(Cc4cccc(F)c4)c2)cn3S(=O)(=O)c2ccc(C)cc2)cnc1NC(=O)O. The largest absolute Gasteiger partial charge is 0.493 e. The van der Waals surface area contributed by atoms with Gasteiger partial charge in [-0.05, 0) is 48.9 Å². The van der Waals surface area contributed by atoms with E-state index in [1.54, 1.807) is 65.6 Å². The molecule has 4 heterocycles. The first-order valence-corrected chi connectivity index (χ1v) is 14.7. The standard InChI is InChI=1S/C31H25FN6O5S/c1-19-6-8-25(9-7-19)44(41,42)38-18-27(23-15-35-37(17-23)16-20-4-3-5-24(32)10-20)26-11-21(14-34-30(26)38)22-12-28(43-2)29(33-13-22)36-31(39)40/h3-15,17-18H,16H2,1-2H3,(H,33,36)(H,39,40). The highest BCUT2D eigenvalue weighted by Gasteiger charge is 2.24. The van der Waals surface area contributed by atoms with Crippen LogP contribution in [0.25, 0.3) is 33.3 Å². The zero-order valence-corrected chi connectivity index (χ0v) is 24.3. The number of nitrogens with one attached hydrogen (secondary N) is 1. The Balaban J connectivity index is 1.49. The molecule has 0 saturated carbocycles. The van der Waals surface area contributed by atoms with Gasteiger partial charge in [-0.1, -0.05) is 29.8 Å². The van der Waals surface area contributed by atoms with E-state index in [1.807, 2.05) is 6.92 Å². The zero-order chi connectivity index (χ0) is 31.0. The number of fused-ring (bicyclic) bond motifs is 1. The minimum absolute atomic E-state index is 0.0273. The molecule has 11 nitrogen and oxygen atoms in total. The van der Waals surface area contributed by atoms with E-state index in [-0.39, 0.29) is 27.9 Å². The molecular weight excluding hydrogens is 587 g/mol. The van der Waals surface area contributed by atoms with Crippen molar-refractivity contribution in [2.75, 3.05) is 12.4 Å². The second-order valence-electron chi connectivity index (χ2n) is 10.0. The van der Waals surface area contributed by atoms with Gasteiger partial charge in [-0.15, -0.1) is 0 Å². The number of rotatable bonds is 8. The van der Waals surface area contributed by atoms with E-state index < -0.39 is 16.1 Å². The predicted octanol–water partition coefficient (Wildman–Crippen LogP) is 5.79. The first kappa shape index (κ1) is 28.6. The van der Waals surface area contributed by atoms with Crippen LogP contribution in [0.2, 0.25) is 0 Å². The van der Waals surface area contributed by atoms with Crippen LogP contribution in [-0.2, 0) is 16.6 Å². The van der Waals surface area contributed by atoms with Crippen molar-refractivity contribution >= 4 is 33.0 Å². The van der Waals surface area contributed by atoms with Crippen molar-refractivity contribution in [3.05, 3.63) is 109 Å². The second-order valence-corrected chi connectivity index (χ2v) is 11.8. The van der Waals surface area contributed by atoms with Crippen molar-refractivity contribution in [1.29, 1.82) is 0 Å². The molecule has 0 fully saturated rings. The molecule has 44 heavy (non-hydrogen) atoms. The van der Waals surface area contributed by atoms with Gasteiger partial charge in [-0.25, -0.2) is 31.5 Å². The van der Waals surface area contributed by atoms with E-state index in [1.165, 1.54) is 37.8 Å². The average molecular weight is 613 g/mol. The van der Waals surface area contributed by atoms with Crippen molar-refractivity contribution in [3.8, 4) is 28.0 Å². The number of aromatic nitrogens is 5. The third-order valence-electron chi connectivity index (χ3n) is 7.00. The highest BCUT2D eigenvalue weighted by molar-refractivity contribution is 7.90. The van der Waals surface area contributed by atoms with Crippen LogP contribution in [0.15, 0.2) is 96.5 Å². The highest BCUT2D eigenvalue weighted by atomic mass is 32.2. The molecule has 0 saturated heterocycles. The van der Waals surface area contributed by atoms with Crippen LogP contribution in [0, 0.1) is 12.7 Å². The Hall–Kier alpha value is -5.56. The van der Waals surface area contributed by atoms with Gasteiger partial charge in [0.2, 0.25) is 0 Å². The monoisotopic (exact) mass is 612 g/mol. The summed E-state index contributed by atoms with van der Waals surface area (Å²) in [6.07, 6.45) is 6.57. The van der Waals surface area contributed by atoms with Crippen molar-refractivity contribution in [3.63, 3.8) is 0 Å². The Morgan fingerprint density at radius 1 is 0.977 bits per heavy atom. The number of hydrogen-bond acceptors (Lipinski definition) is 7. The molecule has 0 radical (unpaired) electrons. The molecule has 0 aliphatic heterocycles. The summed E-state index contributed by atoms with van der Waals surface area (Å²) in [5.41, 5.74) is 4.17. The van der Waals surface area contributed by atoms with E-state index >= 15 is 0 Å². The number of anilines is 1. The van der Waals surface area contributed by atoms with Crippen molar-refractivity contribution in [1.82, 2.24) is 23.7 Å². The first-order chi connectivity index (χ1) is 21.1. The maximum absolute atomic E-state index is 13.8. The minimum atomic E-state index is -4.03. The summed E-state index contributed by atoms with van der Waals surface area (Å²) in [6.45, 7) is 2.18. The van der Waals surface area contributed by atoms with E-state index in [4.69, 9.17) is 9.84 Å². The van der Waals surface area contributed by atoms with Gasteiger partial charge in [0, 0.05) is 52.4 Å². The van der Waals surface area contributed by atoms with Crippen molar-refractivity contribution < 1.29 is 27.4 Å². The maximum atomic E-state index is 13.8. The zero-order valence-electron chi connectivity index (χ0n) is 23.5. The number of pyridine rings is 2. The number of aryl methyl sites for hydroxylation is 1. The van der Waals surface area contributed by atoms with Gasteiger partial charge in [0.15, 0.2) is 17.2 Å². The number of amides is 1. The van der Waals surface area contributed by atoms with Gasteiger partial charge in [-0.2, -0.15) is 5.10 Å². The lowest BCUT2D eigenvalue weighted by Gasteiger charge is -2.10. The van der Waals surface area contributed by atoms with Gasteiger partial charge in [0.1, 0.15) is 5.82 Å². The smallest absolute Gasteiger partial charge is 0.410 e. The van der Waals surface area contributed by atoms with E-state index in [2.05, 4.69) is 20.4 Å². The van der Waals surface area contributed by atoms with Crippen LogP contribution in [0.4, 0.5) is 15.0 Å². The molecule has 2 N–H and O–H groups in total. The lowest BCUT2D eigenvalue weighted by molar-refractivity contribution is 0.209. The maximum Gasteiger partial charge on any atom is 0.410 e. The topological polar surface area (TPSA) is 141 Å². The normalized spacial score (nSPS) is 11.5. The molecule has 1 amide bonds. The Kier molecular flexibility index (Phi) is 7.31. The number of hydrogen-bond donors (Lipinski definition) is 2. The van der Waals surface area contributed by atoms with Crippen LogP contribution >= 0.6 is 0 Å². The van der Waals surface area contributed by atoms with E-state index in [9.17, 15) is 17.6 Å². The number of nitrogens with zero attached hydrogens (tertiary/aromatic N) is 5. The third kappa shape index (κ3) is 5.47. The Bertz CT molecular complexity index is 2140. The second kappa shape index (κ2) is 11.3. The number of methoxy groups -OCH3 is 1. The molecule has 4 aromatic heterocycles.